The van der Waals surface area contributed by atoms with Crippen molar-refractivity contribution >= 4 is 17.5 Å². The average Bonchev–Trinajstić information content (AvgIpc) is 2.53. The minimum atomic E-state index is -3.14. The van der Waals surface area contributed by atoms with Crippen molar-refractivity contribution in [2.75, 3.05) is 13.2 Å². The second-order valence-electron chi connectivity index (χ2n) is 5.52. The van der Waals surface area contributed by atoms with E-state index in [4.69, 9.17) is 25.4 Å². The number of ether oxygens (including phenoxy) is 2. The lowest BCUT2D eigenvalue weighted by atomic mass is 9.73. The molecule has 1 rings (SSSR count). The molecular formula is C13H21NO10. The Morgan fingerprint density at radius 1 is 1.33 bits per heavy atom. The molecule has 138 valence electrons. The summed E-state index contributed by atoms with van der Waals surface area (Å²) in [5, 5.41) is 48.0. The molecule has 0 saturated carbocycles. The second kappa shape index (κ2) is 7.19. The molecule has 11 nitrogen and oxygen atoms in total. The van der Waals surface area contributed by atoms with Gasteiger partial charge in [-0.15, -0.1) is 0 Å². The highest BCUT2D eigenvalue weighted by Gasteiger charge is 2.69. The van der Waals surface area contributed by atoms with Crippen LogP contribution in [-0.4, -0.2) is 92.0 Å². The van der Waals surface area contributed by atoms with E-state index in [2.05, 4.69) is 0 Å². The minimum absolute atomic E-state index is 0.868. The third kappa shape index (κ3) is 3.07. The van der Waals surface area contributed by atoms with Crippen molar-refractivity contribution in [1.82, 2.24) is 0 Å². The number of carbonyl (C=O) groups excluding carboxylic acids is 2. The topological polar surface area (TPSA) is 197 Å². The van der Waals surface area contributed by atoms with Crippen LogP contribution in [0.5, 0.6) is 0 Å². The van der Waals surface area contributed by atoms with Crippen LogP contribution in [0, 0.1) is 0 Å². The third-order valence-electron chi connectivity index (χ3n) is 4.01. The molecule has 11 heteroatoms. The number of carboxylic acids is 1. The minimum Gasteiger partial charge on any atom is -0.479 e. The zero-order chi connectivity index (χ0) is 18.9. The summed E-state index contributed by atoms with van der Waals surface area (Å²) in [6, 6.07) is 0. The van der Waals surface area contributed by atoms with Crippen LogP contribution in [-0.2, 0) is 23.9 Å². The Morgan fingerprint density at radius 3 is 2.25 bits per heavy atom. The first-order valence-corrected chi connectivity index (χ1v) is 6.98. The number of carbonyl (C=O) groups is 3. The summed E-state index contributed by atoms with van der Waals surface area (Å²) in [6.45, 7) is -0.228. The Bertz CT molecular complexity index is 525. The Balaban J connectivity index is 3.49. The maximum atomic E-state index is 12.1. The van der Waals surface area contributed by atoms with E-state index in [0.29, 0.717) is 0 Å². The van der Waals surface area contributed by atoms with E-state index >= 15 is 0 Å². The van der Waals surface area contributed by atoms with E-state index in [0.717, 1.165) is 13.8 Å². The van der Waals surface area contributed by atoms with Crippen molar-refractivity contribution in [3.8, 4) is 0 Å². The molecule has 1 aliphatic rings. The van der Waals surface area contributed by atoms with Crippen LogP contribution in [0.3, 0.4) is 0 Å². The number of hydrogen-bond donors (Lipinski definition) is 6. The first-order valence-electron chi connectivity index (χ1n) is 6.98. The monoisotopic (exact) mass is 351 g/mol. The van der Waals surface area contributed by atoms with Gasteiger partial charge in [0.1, 0.15) is 24.9 Å². The van der Waals surface area contributed by atoms with Crippen molar-refractivity contribution in [2.24, 2.45) is 5.73 Å². The Kier molecular flexibility index (Phi) is 6.16. The molecule has 0 aromatic rings. The van der Waals surface area contributed by atoms with E-state index in [9.17, 15) is 29.7 Å². The molecule has 1 fully saturated rings. The Hall–Kier alpha value is -1.47. The highest BCUT2D eigenvalue weighted by atomic mass is 16.7. The van der Waals surface area contributed by atoms with E-state index in [-0.39, 0.29) is 0 Å². The molecule has 6 atom stereocenters. The number of nitrogens with two attached hydrogens (primary N) is 1. The lowest BCUT2D eigenvalue weighted by Crippen LogP contribution is -2.82. The van der Waals surface area contributed by atoms with Crippen molar-refractivity contribution in [1.29, 1.82) is 0 Å². The smallest absolute Gasteiger partial charge is 0.332 e. The van der Waals surface area contributed by atoms with Gasteiger partial charge in [0.05, 0.1) is 6.61 Å². The van der Waals surface area contributed by atoms with Gasteiger partial charge in [0.2, 0.25) is 5.78 Å². The first-order chi connectivity index (χ1) is 11.0. The van der Waals surface area contributed by atoms with Crippen molar-refractivity contribution in [2.45, 2.75) is 49.6 Å². The molecule has 0 spiro atoms. The maximum Gasteiger partial charge on any atom is 0.332 e. The van der Waals surface area contributed by atoms with Gasteiger partial charge in [-0.25, -0.2) is 4.79 Å². The van der Waals surface area contributed by atoms with Crippen LogP contribution in [0.2, 0.25) is 0 Å². The fourth-order valence-electron chi connectivity index (χ4n) is 2.50. The summed E-state index contributed by atoms with van der Waals surface area (Å²) in [5.74, 6) is -7.08. The van der Waals surface area contributed by atoms with Crippen molar-refractivity contribution in [3.63, 3.8) is 0 Å². The van der Waals surface area contributed by atoms with Gasteiger partial charge in [0.15, 0.2) is 17.4 Å². The van der Waals surface area contributed by atoms with Crippen LogP contribution in [0.15, 0.2) is 0 Å². The number of Topliss-reactive ketones (excluding diaryl/α,β-unsaturated/α-hetero) is 2. The number of carboxylic acid groups (broad SMARTS) is 1. The van der Waals surface area contributed by atoms with Gasteiger partial charge in [-0.2, -0.15) is 0 Å². The maximum absolute atomic E-state index is 12.1. The second-order valence-corrected chi connectivity index (χ2v) is 5.52. The summed E-state index contributed by atoms with van der Waals surface area (Å²) in [5.41, 5.74) is 3.12. The Morgan fingerprint density at radius 2 is 1.88 bits per heavy atom. The molecular weight excluding hydrogens is 330 g/mol. The lowest BCUT2D eigenvalue weighted by Gasteiger charge is -2.53. The molecule has 1 saturated heterocycles. The van der Waals surface area contributed by atoms with Crippen LogP contribution in [0.25, 0.3) is 0 Å². The zero-order valence-electron chi connectivity index (χ0n) is 13.1. The quantitative estimate of drug-likeness (QED) is 0.262. The standard InChI is InChI=1S/C13H21NO10/c1-5(11(20)21)23-10-9(19)7(3-15)24-13(22,8(18)4-16)12(10,14)6(2)17/h5,7,9-10,15-16,19,22H,3-4,14H2,1-2H3,(H,20,21)/t5-,7-,9-,10+,12-,13?/m1/s1. The predicted octanol–water partition coefficient (Wildman–Crippen LogP) is -3.87. The van der Waals surface area contributed by atoms with Crippen LogP contribution < -0.4 is 5.73 Å². The largest absolute Gasteiger partial charge is 0.479 e. The molecule has 1 unspecified atom stereocenters. The average molecular weight is 351 g/mol. The van der Waals surface area contributed by atoms with Crippen molar-refractivity contribution < 1.29 is 49.4 Å². The number of aliphatic hydroxyl groups excluding tert-OH is 3. The predicted molar refractivity (Wildman–Crippen MR) is 74.6 cm³/mol. The zero-order valence-corrected chi connectivity index (χ0v) is 13.1. The van der Waals surface area contributed by atoms with E-state index < -0.39 is 66.5 Å². The molecule has 0 aromatic heterocycles. The molecule has 0 bridgehead atoms. The van der Waals surface area contributed by atoms with Crippen molar-refractivity contribution in [3.05, 3.63) is 0 Å². The SMILES string of the molecule is CC(=O)[C@@]1(N)[C@@H](O[C@H](C)C(=O)O)[C@H](O)[C@@H](CO)OC1(O)C(=O)CO. The number of hydrogen-bond acceptors (Lipinski definition) is 10. The molecule has 1 heterocycles. The molecule has 0 aromatic carbocycles. The van der Waals surface area contributed by atoms with Gasteiger partial charge < -0.3 is 40.7 Å². The highest BCUT2D eigenvalue weighted by molar-refractivity contribution is 5.99. The molecule has 0 aliphatic carbocycles. The lowest BCUT2D eigenvalue weighted by molar-refractivity contribution is -0.324. The fourth-order valence-corrected chi connectivity index (χ4v) is 2.50. The van der Waals surface area contributed by atoms with Gasteiger partial charge >= 0.3 is 5.97 Å². The Labute approximate surface area is 136 Å². The van der Waals surface area contributed by atoms with Gasteiger partial charge in [0, 0.05) is 0 Å². The normalized spacial score (nSPS) is 37.7. The summed E-state index contributed by atoms with van der Waals surface area (Å²) in [4.78, 5) is 35.0. The summed E-state index contributed by atoms with van der Waals surface area (Å²) in [7, 11) is 0. The van der Waals surface area contributed by atoms with Gasteiger partial charge in [-0.1, -0.05) is 0 Å². The molecule has 0 amide bonds. The highest BCUT2D eigenvalue weighted by Crippen LogP contribution is 2.38. The van der Waals surface area contributed by atoms with Crippen LogP contribution >= 0.6 is 0 Å². The van der Waals surface area contributed by atoms with Gasteiger partial charge in [0.25, 0.3) is 5.79 Å². The third-order valence-corrected chi connectivity index (χ3v) is 4.01. The molecule has 24 heavy (non-hydrogen) atoms. The number of rotatable bonds is 7. The van der Waals surface area contributed by atoms with E-state index in [1.54, 1.807) is 0 Å². The van der Waals surface area contributed by atoms with E-state index in [1.807, 2.05) is 0 Å². The molecule has 0 radical (unpaired) electrons. The number of aliphatic carboxylic acids is 1. The van der Waals surface area contributed by atoms with Gasteiger partial charge in [-0.3, -0.25) is 9.59 Å². The summed E-state index contributed by atoms with van der Waals surface area (Å²) >= 11 is 0. The van der Waals surface area contributed by atoms with Gasteiger partial charge in [-0.05, 0) is 13.8 Å². The summed E-state index contributed by atoms with van der Waals surface area (Å²) in [6.07, 6.45) is -6.93. The fraction of sp³-hybridized carbons (Fsp3) is 0.769. The number of ketones is 2. The van der Waals surface area contributed by atoms with E-state index in [1.165, 1.54) is 0 Å². The summed E-state index contributed by atoms with van der Waals surface area (Å²) < 4.78 is 9.99. The molecule has 1 aliphatic heterocycles. The molecule has 7 N–H and O–H groups in total. The van der Waals surface area contributed by atoms with Crippen LogP contribution in [0.4, 0.5) is 0 Å². The number of aliphatic hydroxyl groups is 4. The first kappa shape index (κ1) is 20.6. The van der Waals surface area contributed by atoms with Crippen LogP contribution in [0.1, 0.15) is 13.8 Å².